The van der Waals surface area contributed by atoms with Gasteiger partial charge in [0.05, 0.1) is 6.54 Å². The molecular weight excluding hydrogens is 476 g/mol. The Morgan fingerprint density at radius 2 is 1.75 bits per heavy atom. The molecule has 3 N–H and O–H groups in total. The minimum Gasteiger partial charge on any atom is -0.351 e. The molecule has 0 spiro atoms. The Bertz CT molecular complexity index is 1490. The van der Waals surface area contributed by atoms with E-state index < -0.39 is 0 Å². The molecule has 1 fully saturated rings. The summed E-state index contributed by atoms with van der Waals surface area (Å²) in [7, 11) is 1.66. The molecule has 0 unspecified atom stereocenters. The zero-order chi connectivity index (χ0) is 25.2. The topological polar surface area (TPSA) is 99.9 Å². The molecule has 0 radical (unpaired) electrons. The van der Waals surface area contributed by atoms with Crippen LogP contribution in [0.25, 0.3) is 11.2 Å². The van der Waals surface area contributed by atoms with Gasteiger partial charge in [0.25, 0.3) is 5.56 Å². The standard InChI is InChI=1S/C27H31ClN6O2/c1-32-24-23(25(35)33(27(32)36)16-15-18-9-3-2-4-10-18)34(17-19-11-5-6-12-20(19)28)26(31-24)30-22-14-8-7-13-21(22)29/h2-6,9-12,21-22H,7-8,13-17,29H2,1H3,(H,30,31)/t21-,22-/m0/s1. The molecule has 2 atom stereocenters. The summed E-state index contributed by atoms with van der Waals surface area (Å²) in [6, 6.07) is 17.4. The van der Waals surface area contributed by atoms with Crippen molar-refractivity contribution >= 4 is 28.7 Å². The van der Waals surface area contributed by atoms with Crippen LogP contribution in [0.4, 0.5) is 5.95 Å². The second-order valence-electron chi connectivity index (χ2n) is 9.52. The summed E-state index contributed by atoms with van der Waals surface area (Å²) in [5.41, 5.74) is 8.31. The number of anilines is 1. The molecule has 0 aliphatic heterocycles. The molecule has 1 saturated carbocycles. The van der Waals surface area contributed by atoms with Gasteiger partial charge in [-0.2, -0.15) is 4.98 Å². The molecule has 5 rings (SSSR count). The summed E-state index contributed by atoms with van der Waals surface area (Å²) in [6.45, 7) is 0.617. The number of fused-ring (bicyclic) bond motifs is 1. The van der Waals surface area contributed by atoms with Crippen molar-refractivity contribution < 1.29 is 0 Å². The van der Waals surface area contributed by atoms with Gasteiger partial charge in [0.1, 0.15) is 0 Å². The number of imidazole rings is 1. The van der Waals surface area contributed by atoms with Crippen molar-refractivity contribution in [2.24, 2.45) is 12.8 Å². The second kappa shape index (κ2) is 10.3. The van der Waals surface area contributed by atoms with Gasteiger partial charge in [-0.1, -0.05) is 73.0 Å². The summed E-state index contributed by atoms with van der Waals surface area (Å²) >= 11 is 6.49. The first kappa shape index (κ1) is 24.3. The molecule has 4 aromatic rings. The number of rotatable bonds is 7. The Hall–Kier alpha value is -3.36. The maximum Gasteiger partial charge on any atom is 0.332 e. The van der Waals surface area contributed by atoms with Gasteiger partial charge in [-0.15, -0.1) is 0 Å². The number of nitrogens with two attached hydrogens (primary N) is 1. The molecule has 1 aliphatic rings. The monoisotopic (exact) mass is 506 g/mol. The molecule has 0 bridgehead atoms. The molecule has 0 amide bonds. The minimum atomic E-state index is -0.383. The molecule has 2 heterocycles. The molecule has 1 aliphatic carbocycles. The van der Waals surface area contributed by atoms with E-state index >= 15 is 0 Å². The first-order valence-electron chi connectivity index (χ1n) is 12.4. The van der Waals surface area contributed by atoms with Crippen molar-refractivity contribution in [1.29, 1.82) is 0 Å². The van der Waals surface area contributed by atoms with E-state index in [1.807, 2.05) is 59.2 Å². The SMILES string of the molecule is Cn1c(=O)n(CCc2ccccc2)c(=O)c2c1nc(N[C@H]1CCCC[C@@H]1N)n2Cc1ccccc1Cl. The minimum absolute atomic E-state index is 0.00123. The van der Waals surface area contributed by atoms with Gasteiger partial charge < -0.3 is 11.1 Å². The van der Waals surface area contributed by atoms with E-state index in [1.54, 1.807) is 7.05 Å². The number of aryl methyl sites for hydroxylation is 2. The predicted octanol–water partition coefficient (Wildman–Crippen LogP) is 3.52. The van der Waals surface area contributed by atoms with E-state index in [9.17, 15) is 9.59 Å². The third-order valence-electron chi connectivity index (χ3n) is 7.12. The van der Waals surface area contributed by atoms with E-state index in [4.69, 9.17) is 22.3 Å². The molecule has 0 saturated heterocycles. The van der Waals surface area contributed by atoms with Gasteiger partial charge in [0, 0.05) is 30.7 Å². The summed E-state index contributed by atoms with van der Waals surface area (Å²) in [5, 5.41) is 4.11. The zero-order valence-electron chi connectivity index (χ0n) is 20.4. The summed E-state index contributed by atoms with van der Waals surface area (Å²) in [6.07, 6.45) is 4.63. The lowest BCUT2D eigenvalue weighted by Gasteiger charge is -2.29. The van der Waals surface area contributed by atoms with Gasteiger partial charge in [-0.05, 0) is 36.5 Å². The predicted molar refractivity (Wildman–Crippen MR) is 144 cm³/mol. The van der Waals surface area contributed by atoms with Crippen molar-refractivity contribution in [2.75, 3.05) is 5.32 Å². The van der Waals surface area contributed by atoms with Crippen LogP contribution in [0.5, 0.6) is 0 Å². The quantitative estimate of drug-likeness (QED) is 0.399. The van der Waals surface area contributed by atoms with Crippen molar-refractivity contribution in [3.05, 3.63) is 91.6 Å². The fourth-order valence-corrected chi connectivity index (χ4v) is 5.22. The number of benzene rings is 2. The number of hydrogen-bond acceptors (Lipinski definition) is 5. The highest BCUT2D eigenvalue weighted by Gasteiger charge is 2.26. The average molecular weight is 507 g/mol. The lowest BCUT2D eigenvalue weighted by Crippen LogP contribution is -2.43. The van der Waals surface area contributed by atoms with E-state index in [0.717, 1.165) is 36.8 Å². The Kier molecular flexibility index (Phi) is 6.98. The van der Waals surface area contributed by atoms with E-state index in [1.165, 1.54) is 9.13 Å². The number of halogens is 1. The summed E-state index contributed by atoms with van der Waals surface area (Å²) < 4.78 is 4.60. The van der Waals surface area contributed by atoms with Crippen LogP contribution >= 0.6 is 11.6 Å². The first-order valence-corrected chi connectivity index (χ1v) is 12.8. The van der Waals surface area contributed by atoms with Crippen LogP contribution in [0.2, 0.25) is 5.02 Å². The zero-order valence-corrected chi connectivity index (χ0v) is 21.1. The molecule has 188 valence electrons. The first-order chi connectivity index (χ1) is 17.4. The number of nitrogens with one attached hydrogen (secondary N) is 1. The van der Waals surface area contributed by atoms with Gasteiger partial charge in [0.2, 0.25) is 5.95 Å². The number of aromatic nitrogens is 4. The molecule has 8 nitrogen and oxygen atoms in total. The van der Waals surface area contributed by atoms with Crippen molar-refractivity contribution in [1.82, 2.24) is 18.7 Å². The van der Waals surface area contributed by atoms with Crippen LogP contribution in [-0.4, -0.2) is 30.8 Å². The molecular formula is C27H31ClN6O2. The van der Waals surface area contributed by atoms with Gasteiger partial charge >= 0.3 is 5.69 Å². The van der Waals surface area contributed by atoms with Crippen molar-refractivity contribution in [3.8, 4) is 0 Å². The third-order valence-corrected chi connectivity index (χ3v) is 7.49. The Morgan fingerprint density at radius 1 is 1.03 bits per heavy atom. The molecule has 36 heavy (non-hydrogen) atoms. The van der Waals surface area contributed by atoms with Crippen molar-refractivity contribution in [2.45, 2.75) is 57.3 Å². The smallest absolute Gasteiger partial charge is 0.332 e. The third kappa shape index (κ3) is 4.70. The second-order valence-corrected chi connectivity index (χ2v) is 9.93. The Labute approximate surface area is 214 Å². The summed E-state index contributed by atoms with van der Waals surface area (Å²) in [5.74, 6) is 0.528. The van der Waals surface area contributed by atoms with Gasteiger partial charge in [-0.25, -0.2) is 4.79 Å². The molecule has 2 aromatic heterocycles. The fraction of sp³-hybridized carbons (Fsp3) is 0.370. The van der Waals surface area contributed by atoms with Gasteiger partial charge in [-0.3, -0.25) is 18.5 Å². The number of nitrogens with zero attached hydrogens (tertiary/aromatic N) is 4. The van der Waals surface area contributed by atoms with Crippen LogP contribution in [0.3, 0.4) is 0 Å². The maximum absolute atomic E-state index is 13.8. The Balaban J connectivity index is 1.63. The largest absolute Gasteiger partial charge is 0.351 e. The van der Waals surface area contributed by atoms with Crippen LogP contribution in [0, 0.1) is 0 Å². The highest BCUT2D eigenvalue weighted by molar-refractivity contribution is 6.31. The average Bonchev–Trinajstić information content (AvgIpc) is 3.24. The highest BCUT2D eigenvalue weighted by atomic mass is 35.5. The van der Waals surface area contributed by atoms with Crippen LogP contribution in [0.15, 0.2) is 64.2 Å². The lowest BCUT2D eigenvalue weighted by molar-refractivity contribution is 0.401. The summed E-state index contributed by atoms with van der Waals surface area (Å²) in [4.78, 5) is 31.8. The van der Waals surface area contributed by atoms with E-state index in [-0.39, 0.29) is 29.9 Å². The van der Waals surface area contributed by atoms with Crippen LogP contribution < -0.4 is 22.3 Å². The Morgan fingerprint density at radius 3 is 2.50 bits per heavy atom. The molecule has 2 aromatic carbocycles. The van der Waals surface area contributed by atoms with Crippen LogP contribution in [-0.2, 0) is 26.6 Å². The maximum atomic E-state index is 13.8. The highest BCUT2D eigenvalue weighted by Crippen LogP contribution is 2.25. The fourth-order valence-electron chi connectivity index (χ4n) is 5.02. The lowest BCUT2D eigenvalue weighted by atomic mass is 9.91. The van der Waals surface area contributed by atoms with E-state index in [0.29, 0.717) is 35.1 Å². The van der Waals surface area contributed by atoms with Crippen molar-refractivity contribution in [3.63, 3.8) is 0 Å². The number of hydrogen-bond donors (Lipinski definition) is 2. The molecule has 9 heteroatoms. The van der Waals surface area contributed by atoms with E-state index in [2.05, 4.69) is 5.32 Å². The van der Waals surface area contributed by atoms with Crippen LogP contribution in [0.1, 0.15) is 36.8 Å². The normalized spacial score (nSPS) is 18.0. The van der Waals surface area contributed by atoms with Gasteiger partial charge in [0.15, 0.2) is 11.2 Å².